The lowest BCUT2D eigenvalue weighted by Gasteiger charge is -2.18. The molecule has 3 N–H and O–H groups in total. The Hall–Kier alpha value is -5.09. The molecule has 43 heavy (non-hydrogen) atoms. The first-order valence-electron chi connectivity index (χ1n) is 13.0. The van der Waals surface area contributed by atoms with Gasteiger partial charge in [-0.15, -0.1) is 11.8 Å². The lowest BCUT2D eigenvalue weighted by molar-refractivity contribution is -0.137. The molecule has 1 unspecified atom stereocenters. The Morgan fingerprint density at radius 2 is 1.33 bits per heavy atom. The van der Waals surface area contributed by atoms with Crippen LogP contribution >= 0.6 is 11.8 Å². The summed E-state index contributed by atoms with van der Waals surface area (Å²) in [5.74, 6) is -2.19. The smallest absolute Gasteiger partial charge is 0.416 e. The molecule has 0 saturated carbocycles. The number of alkyl halides is 3. The molecule has 0 spiro atoms. The highest BCUT2D eigenvalue weighted by Crippen LogP contribution is 2.38. The van der Waals surface area contributed by atoms with Crippen LogP contribution in [0.15, 0.2) is 120 Å². The summed E-state index contributed by atoms with van der Waals surface area (Å²) in [5, 5.41) is 15.2. The van der Waals surface area contributed by atoms with E-state index in [1.54, 1.807) is 84.9 Å². The Labute approximate surface area is 248 Å². The Balaban J connectivity index is 1.40. The van der Waals surface area contributed by atoms with Crippen LogP contribution in [0.2, 0.25) is 0 Å². The minimum atomic E-state index is -4.56. The van der Waals surface area contributed by atoms with Gasteiger partial charge in [0.25, 0.3) is 5.91 Å². The number of anilines is 2. The van der Waals surface area contributed by atoms with Gasteiger partial charge in [-0.05, 0) is 59.5 Å². The maximum absolute atomic E-state index is 13.4. The second-order valence-corrected chi connectivity index (χ2v) is 10.7. The first-order valence-corrected chi connectivity index (χ1v) is 13.8. The molecular formula is C33H23F3N2O4S. The molecule has 5 aromatic carbocycles. The van der Waals surface area contributed by atoms with Crippen molar-refractivity contribution in [3.8, 4) is 0 Å². The van der Waals surface area contributed by atoms with Crippen LogP contribution in [0.3, 0.4) is 0 Å². The van der Waals surface area contributed by atoms with Crippen LogP contribution in [0.1, 0.15) is 37.1 Å². The van der Waals surface area contributed by atoms with Crippen LogP contribution in [-0.2, 0) is 11.0 Å². The van der Waals surface area contributed by atoms with Crippen LogP contribution in [0.25, 0.3) is 10.8 Å². The van der Waals surface area contributed by atoms with E-state index in [2.05, 4.69) is 10.6 Å². The fraction of sp³-hybridized carbons (Fsp3) is 0.0606. The van der Waals surface area contributed by atoms with E-state index in [9.17, 15) is 32.7 Å². The van der Waals surface area contributed by atoms with E-state index < -0.39 is 34.8 Å². The van der Waals surface area contributed by atoms with E-state index in [-0.39, 0.29) is 16.8 Å². The number of benzene rings is 5. The van der Waals surface area contributed by atoms with Crippen molar-refractivity contribution < 1.29 is 32.7 Å². The van der Waals surface area contributed by atoms with Gasteiger partial charge < -0.3 is 15.7 Å². The van der Waals surface area contributed by atoms with Crippen LogP contribution in [0.4, 0.5) is 24.5 Å². The Morgan fingerprint density at radius 1 is 0.698 bits per heavy atom. The molecule has 0 aliphatic rings. The molecular weight excluding hydrogens is 577 g/mol. The average Bonchev–Trinajstić information content (AvgIpc) is 2.99. The third-order valence-corrected chi connectivity index (χ3v) is 7.77. The number of carbonyl (C=O) groups excluding carboxylic acids is 2. The number of hydrogen-bond acceptors (Lipinski definition) is 4. The summed E-state index contributed by atoms with van der Waals surface area (Å²) in [4.78, 5) is 39.2. The van der Waals surface area contributed by atoms with Gasteiger partial charge in [-0.3, -0.25) is 9.59 Å². The molecule has 0 heterocycles. The summed E-state index contributed by atoms with van der Waals surface area (Å²) in [6, 6.07) is 29.7. The highest BCUT2D eigenvalue weighted by atomic mass is 32.2. The maximum atomic E-state index is 13.4. The largest absolute Gasteiger partial charge is 0.478 e. The van der Waals surface area contributed by atoms with Gasteiger partial charge in [0, 0.05) is 27.2 Å². The Bertz CT molecular complexity index is 1820. The number of amides is 2. The van der Waals surface area contributed by atoms with Crippen molar-refractivity contribution in [2.24, 2.45) is 0 Å². The van der Waals surface area contributed by atoms with E-state index in [1.807, 2.05) is 0 Å². The van der Waals surface area contributed by atoms with E-state index >= 15 is 0 Å². The summed E-state index contributed by atoms with van der Waals surface area (Å²) in [5.41, 5.74) is 0.368. The third-order valence-electron chi connectivity index (χ3n) is 6.52. The molecule has 216 valence electrons. The quantitative estimate of drug-likeness (QED) is 0.156. The number of carboxylic acids is 1. The standard InChI is InChI=1S/C33H23F3N2O4S/c34-33(35,36)22-12-6-13-23(18-22)38-31(40)29(21-8-2-1-3-9-21)43-25-15-7-14-24(19-25)37-30(39)26-16-4-10-20-11-5-17-27(28(20)26)32(41)42/h1-19,29H,(H,37,39)(H,38,40)(H,41,42). The topological polar surface area (TPSA) is 95.5 Å². The van der Waals surface area contributed by atoms with Gasteiger partial charge in [0.15, 0.2) is 0 Å². The van der Waals surface area contributed by atoms with Gasteiger partial charge in [-0.25, -0.2) is 4.79 Å². The summed E-state index contributed by atoms with van der Waals surface area (Å²) in [7, 11) is 0. The van der Waals surface area contributed by atoms with E-state index in [4.69, 9.17) is 0 Å². The van der Waals surface area contributed by atoms with Crippen LogP contribution < -0.4 is 10.6 Å². The summed E-state index contributed by atoms with van der Waals surface area (Å²) in [6.45, 7) is 0. The lowest BCUT2D eigenvalue weighted by Crippen LogP contribution is -2.19. The Morgan fingerprint density at radius 3 is 2.00 bits per heavy atom. The number of carboxylic acid groups (broad SMARTS) is 1. The van der Waals surface area contributed by atoms with Gasteiger partial charge >= 0.3 is 12.1 Å². The molecule has 0 fully saturated rings. The van der Waals surface area contributed by atoms with E-state index in [0.29, 0.717) is 26.9 Å². The van der Waals surface area contributed by atoms with Crippen molar-refractivity contribution in [3.63, 3.8) is 0 Å². The minimum Gasteiger partial charge on any atom is -0.478 e. The fourth-order valence-electron chi connectivity index (χ4n) is 4.57. The van der Waals surface area contributed by atoms with Crippen LogP contribution in [-0.4, -0.2) is 22.9 Å². The van der Waals surface area contributed by atoms with Gasteiger partial charge in [-0.2, -0.15) is 13.2 Å². The summed E-state index contributed by atoms with van der Waals surface area (Å²) in [6.07, 6.45) is -4.56. The van der Waals surface area contributed by atoms with Gasteiger partial charge in [-0.1, -0.05) is 66.7 Å². The molecule has 0 aliphatic heterocycles. The molecule has 5 aromatic rings. The third kappa shape index (κ3) is 6.87. The zero-order chi connectivity index (χ0) is 30.6. The molecule has 5 rings (SSSR count). The number of fused-ring (bicyclic) bond motifs is 1. The van der Waals surface area contributed by atoms with Gasteiger partial charge in [0.1, 0.15) is 5.25 Å². The van der Waals surface area contributed by atoms with Crippen molar-refractivity contribution in [1.82, 2.24) is 0 Å². The molecule has 0 bridgehead atoms. The average molecular weight is 601 g/mol. The van der Waals surface area contributed by atoms with Crippen molar-refractivity contribution in [1.29, 1.82) is 0 Å². The molecule has 6 nitrogen and oxygen atoms in total. The molecule has 2 amide bonds. The predicted molar refractivity (Wildman–Crippen MR) is 160 cm³/mol. The lowest BCUT2D eigenvalue weighted by atomic mass is 9.98. The normalized spacial score (nSPS) is 12.0. The van der Waals surface area contributed by atoms with Crippen molar-refractivity contribution in [2.75, 3.05) is 10.6 Å². The Kier molecular flexibility index (Phi) is 8.49. The zero-order valence-electron chi connectivity index (χ0n) is 22.3. The number of rotatable bonds is 8. The number of hydrogen-bond donors (Lipinski definition) is 3. The SMILES string of the molecule is O=C(O)c1cccc2cccc(C(=O)Nc3cccc(SC(C(=O)Nc4cccc(C(F)(F)F)c4)c4ccccc4)c3)c12. The van der Waals surface area contributed by atoms with Crippen molar-refractivity contribution in [3.05, 3.63) is 138 Å². The zero-order valence-corrected chi connectivity index (χ0v) is 23.1. The van der Waals surface area contributed by atoms with Gasteiger partial charge in [0.2, 0.25) is 5.91 Å². The highest BCUT2D eigenvalue weighted by molar-refractivity contribution is 8.00. The molecule has 0 radical (unpaired) electrons. The molecule has 0 saturated heterocycles. The summed E-state index contributed by atoms with van der Waals surface area (Å²) >= 11 is 1.16. The van der Waals surface area contributed by atoms with Crippen molar-refractivity contribution >= 4 is 51.7 Å². The maximum Gasteiger partial charge on any atom is 0.416 e. The highest BCUT2D eigenvalue weighted by Gasteiger charge is 2.31. The number of nitrogens with one attached hydrogen (secondary N) is 2. The monoisotopic (exact) mass is 600 g/mol. The van der Waals surface area contributed by atoms with Crippen LogP contribution in [0.5, 0.6) is 0 Å². The number of halogens is 3. The van der Waals surface area contributed by atoms with E-state index in [0.717, 1.165) is 23.9 Å². The first kappa shape index (κ1) is 29.4. The first-order chi connectivity index (χ1) is 20.6. The molecule has 1 atom stereocenters. The minimum absolute atomic E-state index is 0.00467. The second kappa shape index (κ2) is 12.4. The number of aromatic carboxylic acids is 1. The van der Waals surface area contributed by atoms with Crippen LogP contribution in [0, 0.1) is 0 Å². The molecule has 0 aliphatic carbocycles. The fourth-order valence-corrected chi connectivity index (χ4v) is 5.66. The number of carbonyl (C=O) groups is 3. The van der Waals surface area contributed by atoms with E-state index in [1.165, 1.54) is 18.2 Å². The molecule has 10 heteroatoms. The molecule has 0 aromatic heterocycles. The van der Waals surface area contributed by atoms with Gasteiger partial charge in [0.05, 0.1) is 11.1 Å². The number of thioether (sulfide) groups is 1. The predicted octanol–water partition coefficient (Wildman–Crippen LogP) is 8.28. The summed E-state index contributed by atoms with van der Waals surface area (Å²) < 4.78 is 39.6. The van der Waals surface area contributed by atoms with Crippen molar-refractivity contribution in [2.45, 2.75) is 16.3 Å². The second-order valence-electron chi connectivity index (χ2n) is 9.47.